The predicted octanol–water partition coefficient (Wildman–Crippen LogP) is 1.23. The normalized spacial score (nSPS) is 30.3. The van der Waals surface area contributed by atoms with Crippen LogP contribution in [0.5, 0.6) is 0 Å². The van der Waals surface area contributed by atoms with Gasteiger partial charge in [0.15, 0.2) is 0 Å². The molecule has 1 atom stereocenters. The van der Waals surface area contributed by atoms with Gasteiger partial charge in [-0.1, -0.05) is 6.92 Å². The van der Waals surface area contributed by atoms with Crippen LogP contribution < -0.4 is 5.32 Å². The average molecular weight is 268 g/mol. The van der Waals surface area contributed by atoms with Gasteiger partial charge < -0.3 is 15.3 Å². The van der Waals surface area contributed by atoms with Crippen molar-refractivity contribution in [3.63, 3.8) is 0 Å². The van der Waals surface area contributed by atoms with Crippen LogP contribution in [0.3, 0.4) is 0 Å². The number of carboxylic acids is 1. The zero-order chi connectivity index (χ0) is 14.1. The van der Waals surface area contributed by atoms with Gasteiger partial charge in [0.05, 0.1) is 5.41 Å². The number of aliphatic carboxylic acids is 1. The van der Waals surface area contributed by atoms with Crippen molar-refractivity contribution in [2.75, 3.05) is 19.6 Å². The second-order valence-electron chi connectivity index (χ2n) is 6.02. The fourth-order valence-corrected chi connectivity index (χ4v) is 3.42. The summed E-state index contributed by atoms with van der Waals surface area (Å²) >= 11 is 0. The molecule has 5 heteroatoms. The molecule has 1 unspecified atom stereocenters. The van der Waals surface area contributed by atoms with Crippen LogP contribution in [0, 0.1) is 5.41 Å². The third-order valence-electron chi connectivity index (χ3n) is 5.04. The molecule has 0 radical (unpaired) electrons. The summed E-state index contributed by atoms with van der Waals surface area (Å²) in [5.74, 6) is -0.822. The Hall–Kier alpha value is -1.10. The Kier molecular flexibility index (Phi) is 3.85. The molecule has 2 heterocycles. The summed E-state index contributed by atoms with van der Waals surface area (Å²) < 4.78 is 0. The maximum atomic E-state index is 12.9. The molecule has 2 rings (SSSR count). The van der Waals surface area contributed by atoms with Crippen molar-refractivity contribution < 1.29 is 14.7 Å². The number of hydrogen-bond acceptors (Lipinski definition) is 3. The predicted molar refractivity (Wildman–Crippen MR) is 71.8 cm³/mol. The Labute approximate surface area is 114 Å². The molecule has 2 saturated heterocycles. The topological polar surface area (TPSA) is 69.6 Å². The molecular formula is C14H24N2O3. The van der Waals surface area contributed by atoms with Crippen molar-refractivity contribution in [1.82, 2.24) is 10.2 Å². The van der Waals surface area contributed by atoms with Crippen LogP contribution in [0.2, 0.25) is 0 Å². The number of nitrogens with one attached hydrogen (secondary N) is 1. The fraction of sp³-hybridized carbons (Fsp3) is 0.857. The summed E-state index contributed by atoms with van der Waals surface area (Å²) in [6.45, 7) is 5.99. The monoisotopic (exact) mass is 268 g/mol. The minimum atomic E-state index is -1.01. The van der Waals surface area contributed by atoms with Gasteiger partial charge in [-0.3, -0.25) is 4.79 Å². The first-order valence-electron chi connectivity index (χ1n) is 7.22. The van der Waals surface area contributed by atoms with E-state index in [1.165, 1.54) is 0 Å². The Balaban J connectivity index is 2.24. The summed E-state index contributed by atoms with van der Waals surface area (Å²) in [6.07, 6.45) is 3.77. The van der Waals surface area contributed by atoms with E-state index in [9.17, 15) is 14.7 Å². The van der Waals surface area contributed by atoms with Gasteiger partial charge in [-0.2, -0.15) is 0 Å². The highest BCUT2D eigenvalue weighted by Gasteiger charge is 2.51. The van der Waals surface area contributed by atoms with E-state index in [0.717, 1.165) is 38.8 Å². The third-order valence-corrected chi connectivity index (χ3v) is 5.04. The van der Waals surface area contributed by atoms with E-state index in [4.69, 9.17) is 0 Å². The second-order valence-corrected chi connectivity index (χ2v) is 6.02. The molecule has 0 aliphatic carbocycles. The molecule has 0 aromatic heterocycles. The van der Waals surface area contributed by atoms with Gasteiger partial charge in [0, 0.05) is 6.54 Å². The maximum Gasteiger partial charge on any atom is 0.329 e. The molecule has 0 bridgehead atoms. The van der Waals surface area contributed by atoms with Crippen molar-refractivity contribution in [3.05, 3.63) is 0 Å². The smallest absolute Gasteiger partial charge is 0.329 e. The van der Waals surface area contributed by atoms with Crippen molar-refractivity contribution in [2.24, 2.45) is 5.41 Å². The van der Waals surface area contributed by atoms with Crippen molar-refractivity contribution in [1.29, 1.82) is 0 Å². The molecule has 0 aromatic rings. The number of piperidine rings is 1. The summed E-state index contributed by atoms with van der Waals surface area (Å²) in [7, 11) is 0. The largest absolute Gasteiger partial charge is 0.480 e. The highest BCUT2D eigenvalue weighted by atomic mass is 16.4. The second kappa shape index (κ2) is 5.12. The zero-order valence-electron chi connectivity index (χ0n) is 11.9. The van der Waals surface area contributed by atoms with E-state index in [1.54, 1.807) is 11.8 Å². The van der Waals surface area contributed by atoms with E-state index >= 15 is 0 Å². The maximum absolute atomic E-state index is 12.9. The molecule has 2 aliphatic rings. The minimum Gasteiger partial charge on any atom is -0.480 e. The number of likely N-dealkylation sites (tertiary alicyclic amines) is 1. The number of hydrogen-bond donors (Lipinski definition) is 2. The van der Waals surface area contributed by atoms with Crippen LogP contribution in [0.15, 0.2) is 0 Å². The standard InChI is InChI=1S/C14H24N2O3/c1-3-14(6-8-15-9-7-14)11(17)16-10-4-5-13(16,2)12(18)19/h15H,3-10H2,1-2H3,(H,18,19). The number of nitrogens with zero attached hydrogens (tertiary/aromatic N) is 1. The molecule has 2 aliphatic heterocycles. The summed E-state index contributed by atoms with van der Waals surface area (Å²) in [4.78, 5) is 26.0. The third kappa shape index (κ3) is 2.24. The first kappa shape index (κ1) is 14.3. The van der Waals surface area contributed by atoms with Gasteiger partial charge >= 0.3 is 5.97 Å². The van der Waals surface area contributed by atoms with Crippen LogP contribution >= 0.6 is 0 Å². The van der Waals surface area contributed by atoms with Crippen molar-refractivity contribution in [2.45, 2.75) is 51.5 Å². The summed E-state index contributed by atoms with van der Waals surface area (Å²) in [5.41, 5.74) is -1.36. The number of carbonyl (C=O) groups excluding carboxylic acids is 1. The van der Waals surface area contributed by atoms with Crippen molar-refractivity contribution >= 4 is 11.9 Å². The number of carbonyl (C=O) groups is 2. The quantitative estimate of drug-likeness (QED) is 0.808. The molecule has 2 fully saturated rings. The van der Waals surface area contributed by atoms with Gasteiger partial charge in [0.25, 0.3) is 0 Å². The van der Waals surface area contributed by atoms with Gasteiger partial charge in [-0.05, 0) is 52.1 Å². The van der Waals surface area contributed by atoms with Gasteiger partial charge in [-0.15, -0.1) is 0 Å². The SMILES string of the molecule is CCC1(C(=O)N2CCCC2(C)C(=O)O)CCNCC1. The van der Waals surface area contributed by atoms with Gasteiger partial charge in [0.2, 0.25) is 5.91 Å². The van der Waals surface area contributed by atoms with E-state index in [2.05, 4.69) is 5.32 Å². The minimum absolute atomic E-state index is 0.0545. The average Bonchev–Trinajstić information content (AvgIpc) is 2.82. The van der Waals surface area contributed by atoms with Crippen LogP contribution in [-0.4, -0.2) is 47.1 Å². The van der Waals surface area contributed by atoms with Crippen LogP contribution in [-0.2, 0) is 9.59 Å². The first-order chi connectivity index (χ1) is 8.96. The van der Waals surface area contributed by atoms with Crippen LogP contribution in [0.4, 0.5) is 0 Å². The molecule has 1 amide bonds. The number of rotatable bonds is 3. The number of carboxylic acid groups (broad SMARTS) is 1. The molecule has 5 nitrogen and oxygen atoms in total. The Morgan fingerprint density at radius 2 is 1.89 bits per heavy atom. The highest BCUT2D eigenvalue weighted by molar-refractivity contribution is 5.90. The molecule has 0 saturated carbocycles. The van der Waals surface area contributed by atoms with E-state index in [-0.39, 0.29) is 11.3 Å². The number of amides is 1. The molecule has 0 spiro atoms. The first-order valence-corrected chi connectivity index (χ1v) is 7.22. The lowest BCUT2D eigenvalue weighted by Crippen LogP contribution is -2.57. The van der Waals surface area contributed by atoms with Crippen molar-refractivity contribution in [3.8, 4) is 0 Å². The van der Waals surface area contributed by atoms with Gasteiger partial charge in [0.1, 0.15) is 5.54 Å². The highest BCUT2D eigenvalue weighted by Crippen LogP contribution is 2.40. The van der Waals surface area contributed by atoms with E-state index in [0.29, 0.717) is 13.0 Å². The molecular weight excluding hydrogens is 244 g/mol. The molecule has 19 heavy (non-hydrogen) atoms. The summed E-state index contributed by atoms with van der Waals surface area (Å²) in [6, 6.07) is 0. The van der Waals surface area contributed by atoms with E-state index in [1.807, 2.05) is 6.92 Å². The lowest BCUT2D eigenvalue weighted by Gasteiger charge is -2.42. The summed E-state index contributed by atoms with van der Waals surface area (Å²) in [5, 5.41) is 12.7. The van der Waals surface area contributed by atoms with Crippen LogP contribution in [0.25, 0.3) is 0 Å². The molecule has 108 valence electrons. The Bertz CT molecular complexity index is 377. The lowest BCUT2D eigenvalue weighted by atomic mass is 9.75. The zero-order valence-corrected chi connectivity index (χ0v) is 11.9. The fourth-order valence-electron chi connectivity index (χ4n) is 3.42. The Morgan fingerprint density at radius 1 is 1.26 bits per heavy atom. The lowest BCUT2D eigenvalue weighted by molar-refractivity contribution is -0.161. The Morgan fingerprint density at radius 3 is 2.42 bits per heavy atom. The molecule has 2 N–H and O–H groups in total. The van der Waals surface area contributed by atoms with Crippen LogP contribution in [0.1, 0.15) is 46.0 Å². The van der Waals surface area contributed by atoms with E-state index < -0.39 is 11.5 Å². The molecule has 0 aromatic carbocycles. The van der Waals surface area contributed by atoms with Gasteiger partial charge in [-0.25, -0.2) is 4.79 Å².